The Morgan fingerprint density at radius 2 is 1.79 bits per heavy atom. The molecule has 0 spiro atoms. The largest absolute Gasteiger partial charge is 0.478 e. The van der Waals surface area contributed by atoms with E-state index in [1.807, 2.05) is 54.1 Å². The molecule has 19 heavy (non-hydrogen) atoms. The lowest BCUT2D eigenvalue weighted by molar-refractivity contribution is 0.0697. The van der Waals surface area contributed by atoms with E-state index in [9.17, 15) is 4.79 Å². The Labute approximate surface area is 110 Å². The van der Waals surface area contributed by atoms with Crippen LogP contribution in [-0.2, 0) is 0 Å². The maximum Gasteiger partial charge on any atom is 0.335 e. The summed E-state index contributed by atoms with van der Waals surface area (Å²) >= 11 is 0. The fourth-order valence-corrected chi connectivity index (χ4v) is 2.19. The lowest BCUT2D eigenvalue weighted by atomic mass is 10.1. The third-order valence-corrected chi connectivity index (χ3v) is 3.25. The van der Waals surface area contributed by atoms with E-state index in [0.29, 0.717) is 5.56 Å². The first-order valence-corrected chi connectivity index (χ1v) is 6.06. The topological polar surface area (TPSA) is 42.2 Å². The molecule has 94 valence electrons. The van der Waals surface area contributed by atoms with Crippen LogP contribution in [0.4, 0.5) is 0 Å². The molecule has 0 fully saturated rings. The van der Waals surface area contributed by atoms with Crippen molar-refractivity contribution in [1.82, 2.24) is 4.57 Å². The van der Waals surface area contributed by atoms with Crippen LogP contribution in [0.1, 0.15) is 15.9 Å². The minimum absolute atomic E-state index is 0.305. The van der Waals surface area contributed by atoms with Crippen LogP contribution in [0.25, 0.3) is 16.6 Å². The average molecular weight is 251 g/mol. The summed E-state index contributed by atoms with van der Waals surface area (Å²) in [4.78, 5) is 11.0. The van der Waals surface area contributed by atoms with Gasteiger partial charge in [0, 0.05) is 11.9 Å². The van der Waals surface area contributed by atoms with E-state index in [-0.39, 0.29) is 0 Å². The van der Waals surface area contributed by atoms with Crippen LogP contribution in [0.2, 0.25) is 0 Å². The van der Waals surface area contributed by atoms with Gasteiger partial charge in [-0.2, -0.15) is 0 Å². The molecule has 0 atom stereocenters. The molecule has 0 bridgehead atoms. The summed E-state index contributed by atoms with van der Waals surface area (Å²) in [6.45, 7) is 2.04. The first-order chi connectivity index (χ1) is 9.15. The van der Waals surface area contributed by atoms with Crippen molar-refractivity contribution in [3.8, 4) is 5.69 Å². The number of aromatic carboxylic acids is 1. The van der Waals surface area contributed by atoms with Crippen molar-refractivity contribution in [3.63, 3.8) is 0 Å². The molecule has 3 heteroatoms. The number of fused-ring (bicyclic) bond motifs is 1. The van der Waals surface area contributed by atoms with Crippen LogP contribution < -0.4 is 0 Å². The highest BCUT2D eigenvalue weighted by Crippen LogP contribution is 2.22. The number of carboxylic acid groups (broad SMARTS) is 1. The number of carboxylic acids is 1. The molecule has 0 saturated heterocycles. The number of carbonyl (C=O) groups is 1. The van der Waals surface area contributed by atoms with Crippen LogP contribution in [0.5, 0.6) is 0 Å². The van der Waals surface area contributed by atoms with Gasteiger partial charge in [-0.15, -0.1) is 0 Å². The fourth-order valence-electron chi connectivity index (χ4n) is 2.19. The van der Waals surface area contributed by atoms with Crippen LogP contribution >= 0.6 is 0 Å². The fraction of sp³-hybridized carbons (Fsp3) is 0.0625. The second-order valence-corrected chi connectivity index (χ2v) is 4.60. The molecular weight excluding hydrogens is 238 g/mol. The van der Waals surface area contributed by atoms with Gasteiger partial charge in [0.15, 0.2) is 0 Å². The van der Waals surface area contributed by atoms with E-state index in [4.69, 9.17) is 5.11 Å². The van der Waals surface area contributed by atoms with E-state index < -0.39 is 5.97 Å². The van der Waals surface area contributed by atoms with Crippen LogP contribution in [0, 0.1) is 6.92 Å². The highest BCUT2D eigenvalue weighted by atomic mass is 16.4. The van der Waals surface area contributed by atoms with Gasteiger partial charge in [-0.05, 0) is 42.6 Å². The molecule has 0 unspecified atom stereocenters. The molecule has 3 aromatic rings. The maximum absolute atomic E-state index is 11.0. The molecule has 1 N–H and O–H groups in total. The Morgan fingerprint density at radius 1 is 1.05 bits per heavy atom. The van der Waals surface area contributed by atoms with E-state index in [1.54, 1.807) is 12.1 Å². The number of aromatic nitrogens is 1. The molecule has 0 aliphatic rings. The quantitative estimate of drug-likeness (QED) is 0.755. The van der Waals surface area contributed by atoms with Crippen LogP contribution in [-0.4, -0.2) is 15.6 Å². The van der Waals surface area contributed by atoms with Crippen molar-refractivity contribution in [1.29, 1.82) is 0 Å². The summed E-state index contributed by atoms with van der Waals surface area (Å²) < 4.78 is 2.00. The van der Waals surface area contributed by atoms with Gasteiger partial charge in [-0.3, -0.25) is 0 Å². The van der Waals surface area contributed by atoms with Gasteiger partial charge in [0.2, 0.25) is 0 Å². The summed E-state index contributed by atoms with van der Waals surface area (Å²) in [6.07, 6.45) is 1.96. The monoisotopic (exact) mass is 251 g/mol. The van der Waals surface area contributed by atoms with E-state index in [2.05, 4.69) is 0 Å². The molecule has 3 rings (SSSR count). The van der Waals surface area contributed by atoms with Gasteiger partial charge in [0.1, 0.15) is 0 Å². The third-order valence-electron chi connectivity index (χ3n) is 3.25. The van der Waals surface area contributed by atoms with Crippen molar-refractivity contribution in [3.05, 3.63) is 65.9 Å². The Bertz CT molecular complexity index is 754. The lowest BCUT2D eigenvalue weighted by Gasteiger charge is -2.06. The molecule has 3 nitrogen and oxygen atoms in total. The Balaban J connectivity index is 2.21. The molecule has 0 aliphatic heterocycles. The van der Waals surface area contributed by atoms with Crippen LogP contribution in [0.3, 0.4) is 0 Å². The minimum atomic E-state index is -0.904. The zero-order valence-electron chi connectivity index (χ0n) is 10.5. The summed E-state index contributed by atoms with van der Waals surface area (Å²) in [6, 6.07) is 15.3. The van der Waals surface area contributed by atoms with E-state index >= 15 is 0 Å². The first kappa shape index (κ1) is 11.5. The van der Waals surface area contributed by atoms with Crippen molar-refractivity contribution >= 4 is 16.9 Å². The molecule has 1 aromatic heterocycles. The minimum Gasteiger partial charge on any atom is -0.478 e. The summed E-state index contributed by atoms with van der Waals surface area (Å²) in [5.41, 5.74) is 3.44. The first-order valence-electron chi connectivity index (χ1n) is 6.06. The van der Waals surface area contributed by atoms with E-state index in [0.717, 1.165) is 16.6 Å². The Hall–Kier alpha value is -2.55. The van der Waals surface area contributed by atoms with Crippen molar-refractivity contribution < 1.29 is 9.90 Å². The number of rotatable bonds is 2. The second kappa shape index (κ2) is 4.28. The summed E-state index contributed by atoms with van der Waals surface area (Å²) in [5, 5.41) is 10.1. The van der Waals surface area contributed by atoms with Crippen molar-refractivity contribution in [2.45, 2.75) is 6.92 Å². The highest BCUT2D eigenvalue weighted by Gasteiger charge is 2.07. The zero-order valence-corrected chi connectivity index (χ0v) is 10.5. The predicted molar refractivity (Wildman–Crippen MR) is 75.0 cm³/mol. The van der Waals surface area contributed by atoms with Gasteiger partial charge in [-0.25, -0.2) is 4.79 Å². The van der Waals surface area contributed by atoms with E-state index in [1.165, 1.54) is 5.56 Å². The molecule has 0 radical (unpaired) electrons. The van der Waals surface area contributed by atoms with Gasteiger partial charge in [0.25, 0.3) is 0 Å². The zero-order chi connectivity index (χ0) is 13.4. The van der Waals surface area contributed by atoms with Gasteiger partial charge >= 0.3 is 5.97 Å². The van der Waals surface area contributed by atoms with Crippen molar-refractivity contribution in [2.75, 3.05) is 0 Å². The van der Waals surface area contributed by atoms with Crippen molar-refractivity contribution in [2.24, 2.45) is 0 Å². The average Bonchev–Trinajstić information content (AvgIpc) is 2.82. The smallest absolute Gasteiger partial charge is 0.335 e. The van der Waals surface area contributed by atoms with Crippen LogP contribution in [0.15, 0.2) is 54.7 Å². The molecule has 1 heterocycles. The second-order valence-electron chi connectivity index (χ2n) is 4.60. The lowest BCUT2D eigenvalue weighted by Crippen LogP contribution is -1.97. The third kappa shape index (κ3) is 1.99. The summed E-state index contributed by atoms with van der Waals surface area (Å²) in [5.74, 6) is -0.904. The van der Waals surface area contributed by atoms with Gasteiger partial charge in [0.05, 0.1) is 11.1 Å². The Kier molecular flexibility index (Phi) is 2.60. The predicted octanol–water partition coefficient (Wildman–Crippen LogP) is 3.64. The maximum atomic E-state index is 11.0. The molecule has 0 saturated carbocycles. The molecular formula is C16H13NO2. The summed E-state index contributed by atoms with van der Waals surface area (Å²) in [7, 11) is 0. The molecule has 2 aromatic carbocycles. The van der Waals surface area contributed by atoms with Gasteiger partial charge < -0.3 is 9.67 Å². The standard InChI is InChI=1S/C16H13NO2/c1-11-2-6-14(7-3-11)17-9-8-12-4-5-13(16(18)19)10-15(12)17/h2-10H,1H3,(H,18,19). The molecule has 0 aliphatic carbocycles. The number of benzene rings is 2. The normalized spacial score (nSPS) is 10.8. The highest BCUT2D eigenvalue weighted by molar-refractivity contribution is 5.94. The number of aryl methyl sites for hydroxylation is 1. The molecule has 0 amide bonds. The number of hydrogen-bond donors (Lipinski definition) is 1. The Morgan fingerprint density at radius 3 is 2.47 bits per heavy atom. The number of hydrogen-bond acceptors (Lipinski definition) is 1. The number of nitrogens with zero attached hydrogens (tertiary/aromatic N) is 1. The van der Waals surface area contributed by atoms with Gasteiger partial charge in [-0.1, -0.05) is 23.8 Å². The SMILES string of the molecule is Cc1ccc(-n2ccc3ccc(C(=O)O)cc32)cc1.